The van der Waals surface area contributed by atoms with E-state index in [1.807, 2.05) is 0 Å². The van der Waals surface area contributed by atoms with Crippen molar-refractivity contribution in [3.8, 4) is 0 Å². The Bertz CT molecular complexity index is 464. The maximum atomic E-state index is 11.5. The number of benzene rings is 1. The number of carboxylic acid groups (broad SMARTS) is 1. The molecule has 0 amide bonds. The predicted molar refractivity (Wildman–Crippen MR) is 80.8 cm³/mol. The van der Waals surface area contributed by atoms with Crippen molar-refractivity contribution in [2.45, 2.75) is 52.6 Å². The molecule has 0 aromatic heterocycles. The molecule has 2 unspecified atom stereocenters. The lowest BCUT2D eigenvalue weighted by Gasteiger charge is -2.37. The number of carboxylic acids is 1. The summed E-state index contributed by atoms with van der Waals surface area (Å²) in [4.78, 5) is 13.6. The van der Waals surface area contributed by atoms with Crippen LogP contribution >= 0.6 is 0 Å². The van der Waals surface area contributed by atoms with Gasteiger partial charge in [0.1, 0.15) is 6.04 Å². The molecular formula is C17H25NO2. The zero-order valence-electron chi connectivity index (χ0n) is 12.7. The second-order valence-electron chi connectivity index (χ2n) is 6.12. The van der Waals surface area contributed by atoms with Crippen molar-refractivity contribution in [1.82, 2.24) is 4.90 Å². The molecule has 1 heterocycles. The van der Waals surface area contributed by atoms with Gasteiger partial charge in [0.05, 0.1) is 0 Å². The van der Waals surface area contributed by atoms with E-state index in [2.05, 4.69) is 43.9 Å². The molecule has 0 aliphatic carbocycles. The van der Waals surface area contributed by atoms with E-state index < -0.39 is 5.97 Å². The van der Waals surface area contributed by atoms with Gasteiger partial charge in [-0.05, 0) is 44.7 Å². The standard InChI is InChI=1S/C17H25NO2/c1-4-14-5-6-18(16(10-14)17(19)20)11-15-8-12(2)7-13(3)9-15/h7-9,14,16H,4-6,10-11H2,1-3H3,(H,19,20). The van der Waals surface area contributed by atoms with Crippen molar-refractivity contribution in [2.24, 2.45) is 5.92 Å². The minimum Gasteiger partial charge on any atom is -0.480 e. The first-order chi connectivity index (χ1) is 9.49. The normalized spacial score (nSPS) is 23.8. The molecule has 1 aromatic rings. The number of aliphatic carboxylic acids is 1. The SMILES string of the molecule is CCC1CCN(Cc2cc(C)cc(C)c2)C(C(=O)O)C1. The van der Waals surface area contributed by atoms with Gasteiger partial charge < -0.3 is 5.11 Å². The summed E-state index contributed by atoms with van der Waals surface area (Å²) in [5, 5.41) is 9.47. The molecule has 1 aliphatic heterocycles. The van der Waals surface area contributed by atoms with Crippen molar-refractivity contribution in [1.29, 1.82) is 0 Å². The number of hydrogen-bond acceptors (Lipinski definition) is 2. The van der Waals surface area contributed by atoms with Crippen molar-refractivity contribution in [3.05, 3.63) is 34.9 Å². The number of likely N-dealkylation sites (tertiary alicyclic amines) is 1. The van der Waals surface area contributed by atoms with Crippen LogP contribution in [-0.4, -0.2) is 28.6 Å². The van der Waals surface area contributed by atoms with E-state index in [0.717, 1.165) is 32.4 Å². The van der Waals surface area contributed by atoms with Gasteiger partial charge in [-0.3, -0.25) is 9.69 Å². The van der Waals surface area contributed by atoms with Gasteiger partial charge in [-0.2, -0.15) is 0 Å². The average Bonchev–Trinajstić information content (AvgIpc) is 2.37. The van der Waals surface area contributed by atoms with Crippen molar-refractivity contribution >= 4 is 5.97 Å². The van der Waals surface area contributed by atoms with Gasteiger partial charge in [0.25, 0.3) is 0 Å². The lowest BCUT2D eigenvalue weighted by atomic mass is 9.88. The third-order valence-electron chi connectivity index (χ3n) is 4.35. The molecule has 0 bridgehead atoms. The molecule has 0 spiro atoms. The summed E-state index contributed by atoms with van der Waals surface area (Å²) < 4.78 is 0. The highest BCUT2D eigenvalue weighted by molar-refractivity contribution is 5.73. The fourth-order valence-corrected chi connectivity index (χ4v) is 3.30. The number of piperidine rings is 1. The molecular weight excluding hydrogens is 250 g/mol. The first-order valence-corrected chi connectivity index (χ1v) is 7.53. The minimum atomic E-state index is -0.674. The summed E-state index contributed by atoms with van der Waals surface area (Å²) in [5.74, 6) is -0.112. The van der Waals surface area contributed by atoms with Crippen LogP contribution in [-0.2, 0) is 11.3 Å². The zero-order valence-corrected chi connectivity index (χ0v) is 12.7. The summed E-state index contributed by atoms with van der Waals surface area (Å²) in [5.41, 5.74) is 3.72. The van der Waals surface area contributed by atoms with Gasteiger partial charge in [0.2, 0.25) is 0 Å². The van der Waals surface area contributed by atoms with Crippen LogP contribution in [0.15, 0.2) is 18.2 Å². The number of rotatable bonds is 4. The van der Waals surface area contributed by atoms with E-state index in [4.69, 9.17) is 0 Å². The van der Waals surface area contributed by atoms with Crippen LogP contribution in [0.25, 0.3) is 0 Å². The Hall–Kier alpha value is -1.35. The molecule has 2 atom stereocenters. The van der Waals surface area contributed by atoms with Gasteiger partial charge in [-0.25, -0.2) is 0 Å². The van der Waals surface area contributed by atoms with Crippen LogP contribution in [0.4, 0.5) is 0 Å². The second-order valence-corrected chi connectivity index (χ2v) is 6.12. The molecule has 3 heteroatoms. The van der Waals surface area contributed by atoms with E-state index in [0.29, 0.717) is 5.92 Å². The molecule has 1 aliphatic rings. The quantitative estimate of drug-likeness (QED) is 0.915. The maximum absolute atomic E-state index is 11.5. The fourth-order valence-electron chi connectivity index (χ4n) is 3.30. The van der Waals surface area contributed by atoms with Crippen molar-refractivity contribution < 1.29 is 9.90 Å². The van der Waals surface area contributed by atoms with Crippen LogP contribution < -0.4 is 0 Å². The van der Waals surface area contributed by atoms with Crippen LogP contribution in [0, 0.1) is 19.8 Å². The summed E-state index contributed by atoms with van der Waals surface area (Å²) >= 11 is 0. The topological polar surface area (TPSA) is 40.5 Å². The molecule has 110 valence electrons. The molecule has 0 saturated carbocycles. The van der Waals surface area contributed by atoms with E-state index >= 15 is 0 Å². The summed E-state index contributed by atoms with van der Waals surface area (Å²) in [6, 6.07) is 6.16. The highest BCUT2D eigenvalue weighted by Gasteiger charge is 2.32. The molecule has 2 rings (SSSR count). The Morgan fingerprint density at radius 1 is 1.30 bits per heavy atom. The Kier molecular flexibility index (Phi) is 4.81. The zero-order chi connectivity index (χ0) is 14.7. The first kappa shape index (κ1) is 15.0. The van der Waals surface area contributed by atoms with E-state index in [1.165, 1.54) is 16.7 Å². The minimum absolute atomic E-state index is 0.325. The lowest BCUT2D eigenvalue weighted by Crippen LogP contribution is -2.46. The van der Waals surface area contributed by atoms with E-state index in [9.17, 15) is 9.90 Å². The molecule has 1 aromatic carbocycles. The second kappa shape index (κ2) is 6.40. The van der Waals surface area contributed by atoms with Crippen LogP contribution in [0.5, 0.6) is 0 Å². The summed E-state index contributed by atoms with van der Waals surface area (Å²) in [7, 11) is 0. The Labute approximate surface area is 121 Å². The third-order valence-corrected chi connectivity index (χ3v) is 4.35. The van der Waals surface area contributed by atoms with Gasteiger partial charge >= 0.3 is 5.97 Å². The van der Waals surface area contributed by atoms with Gasteiger partial charge in [-0.15, -0.1) is 0 Å². The Balaban J connectivity index is 2.12. The molecule has 0 radical (unpaired) electrons. The third kappa shape index (κ3) is 3.60. The smallest absolute Gasteiger partial charge is 0.320 e. The fraction of sp³-hybridized carbons (Fsp3) is 0.588. The largest absolute Gasteiger partial charge is 0.480 e. The van der Waals surface area contributed by atoms with Crippen molar-refractivity contribution in [3.63, 3.8) is 0 Å². The molecule has 1 saturated heterocycles. The highest BCUT2D eigenvalue weighted by Crippen LogP contribution is 2.27. The molecule has 1 fully saturated rings. The van der Waals surface area contributed by atoms with E-state index in [1.54, 1.807) is 0 Å². The van der Waals surface area contributed by atoms with Gasteiger partial charge in [-0.1, -0.05) is 42.7 Å². The van der Waals surface area contributed by atoms with Crippen LogP contribution in [0.2, 0.25) is 0 Å². The predicted octanol–water partition coefficient (Wildman–Crippen LogP) is 3.38. The Morgan fingerprint density at radius 2 is 1.95 bits per heavy atom. The van der Waals surface area contributed by atoms with Crippen LogP contribution in [0.3, 0.4) is 0 Å². The van der Waals surface area contributed by atoms with Gasteiger partial charge in [0.15, 0.2) is 0 Å². The molecule has 3 nitrogen and oxygen atoms in total. The maximum Gasteiger partial charge on any atom is 0.320 e. The van der Waals surface area contributed by atoms with Crippen molar-refractivity contribution in [2.75, 3.05) is 6.54 Å². The van der Waals surface area contributed by atoms with E-state index in [-0.39, 0.29) is 6.04 Å². The van der Waals surface area contributed by atoms with Crippen LogP contribution in [0.1, 0.15) is 42.9 Å². The monoisotopic (exact) mass is 275 g/mol. The molecule has 20 heavy (non-hydrogen) atoms. The highest BCUT2D eigenvalue weighted by atomic mass is 16.4. The Morgan fingerprint density at radius 3 is 2.50 bits per heavy atom. The average molecular weight is 275 g/mol. The number of carbonyl (C=O) groups is 1. The number of nitrogens with zero attached hydrogens (tertiary/aromatic N) is 1. The lowest BCUT2D eigenvalue weighted by molar-refractivity contribution is -0.145. The first-order valence-electron chi connectivity index (χ1n) is 7.53. The molecule has 1 N–H and O–H groups in total. The summed E-state index contributed by atoms with van der Waals surface area (Å²) in [6.45, 7) is 7.98. The number of hydrogen-bond donors (Lipinski definition) is 1. The summed E-state index contributed by atoms with van der Waals surface area (Å²) in [6.07, 6.45) is 2.99. The number of aryl methyl sites for hydroxylation is 2. The van der Waals surface area contributed by atoms with Gasteiger partial charge in [0, 0.05) is 6.54 Å².